The van der Waals surface area contributed by atoms with Crippen LogP contribution >= 0.6 is 0 Å². The van der Waals surface area contributed by atoms with E-state index >= 15 is 0 Å². The van der Waals surface area contributed by atoms with Gasteiger partial charge in [-0.3, -0.25) is 4.79 Å². The molecule has 0 saturated heterocycles. The van der Waals surface area contributed by atoms with E-state index in [9.17, 15) is 14.7 Å². The lowest BCUT2D eigenvalue weighted by Gasteiger charge is -2.16. The van der Waals surface area contributed by atoms with Gasteiger partial charge in [-0.05, 0) is 13.5 Å². The molecule has 0 bridgehead atoms. The number of rotatable bonds is 10. The topological polar surface area (TPSA) is 111 Å². The number of carbonyl (C=O) groups is 2. The molecule has 0 aliphatic carbocycles. The molecule has 0 radical (unpaired) electrons. The highest BCUT2D eigenvalue weighted by atomic mass is 16.5. The van der Waals surface area contributed by atoms with Crippen molar-refractivity contribution in [2.24, 2.45) is 0 Å². The van der Waals surface area contributed by atoms with E-state index in [0.717, 1.165) is 0 Å². The Morgan fingerprint density at radius 1 is 1.41 bits per heavy atom. The van der Waals surface area contributed by atoms with Gasteiger partial charge < -0.3 is 30.4 Å². The molecule has 0 spiro atoms. The van der Waals surface area contributed by atoms with E-state index in [0.29, 0.717) is 26.2 Å². The molecule has 1 atom stereocenters. The molecule has 7 heteroatoms. The van der Waals surface area contributed by atoms with Crippen molar-refractivity contribution in [3.63, 3.8) is 0 Å². The highest BCUT2D eigenvalue weighted by Crippen LogP contribution is 1.90. The number of carboxylic acids is 1. The first kappa shape index (κ1) is 15.8. The van der Waals surface area contributed by atoms with Crippen LogP contribution in [0.4, 0.5) is 0 Å². The quantitative estimate of drug-likeness (QED) is 0.360. The number of likely N-dealkylation sites (N-methyl/N-ethyl adjacent to an activating group) is 1. The predicted octanol–water partition coefficient (Wildman–Crippen LogP) is -2.77. The van der Waals surface area contributed by atoms with Gasteiger partial charge in [-0.15, -0.1) is 0 Å². The van der Waals surface area contributed by atoms with Gasteiger partial charge in [-0.25, -0.2) is 0 Å². The summed E-state index contributed by atoms with van der Waals surface area (Å²) in [5.41, 5.74) is 0. The molecular weight excluding hydrogens is 228 g/mol. The van der Waals surface area contributed by atoms with Crippen LogP contribution in [-0.4, -0.2) is 56.4 Å². The Hall–Kier alpha value is -1.18. The zero-order chi connectivity index (χ0) is 13.1. The molecule has 0 saturated carbocycles. The minimum atomic E-state index is -1.28. The van der Waals surface area contributed by atoms with Crippen molar-refractivity contribution in [2.75, 3.05) is 33.4 Å². The second-order valence-corrected chi connectivity index (χ2v) is 3.40. The third-order valence-corrected chi connectivity index (χ3v) is 2.03. The first-order valence-corrected chi connectivity index (χ1v) is 5.45. The van der Waals surface area contributed by atoms with Crippen LogP contribution in [0, 0.1) is 0 Å². The summed E-state index contributed by atoms with van der Waals surface area (Å²) in [4.78, 5) is 21.8. The molecule has 100 valence electrons. The number of aliphatic hydroxyl groups is 1. The summed E-state index contributed by atoms with van der Waals surface area (Å²) >= 11 is 0. The number of nitrogens with one attached hydrogen (secondary N) is 2. The lowest BCUT2D eigenvalue weighted by atomic mass is 10.2. The monoisotopic (exact) mass is 247 g/mol. The first-order valence-electron chi connectivity index (χ1n) is 5.45. The van der Waals surface area contributed by atoms with Crippen LogP contribution in [0.1, 0.15) is 12.8 Å². The summed E-state index contributed by atoms with van der Waals surface area (Å²) in [5, 5.41) is 23.9. The summed E-state index contributed by atoms with van der Waals surface area (Å²) in [7, 11) is 1.50. The zero-order valence-electron chi connectivity index (χ0n) is 9.90. The number of hydrogen-bond acceptors (Lipinski definition) is 6. The second-order valence-electron chi connectivity index (χ2n) is 3.40. The van der Waals surface area contributed by atoms with E-state index in [1.807, 2.05) is 0 Å². The van der Waals surface area contributed by atoms with Crippen molar-refractivity contribution >= 4 is 11.9 Å². The molecule has 0 aliphatic rings. The van der Waals surface area contributed by atoms with Crippen LogP contribution in [0.3, 0.4) is 0 Å². The van der Waals surface area contributed by atoms with Gasteiger partial charge in [0.25, 0.3) is 0 Å². The predicted molar refractivity (Wildman–Crippen MR) is 58.0 cm³/mol. The maximum absolute atomic E-state index is 11.4. The van der Waals surface area contributed by atoms with Crippen LogP contribution in [0.2, 0.25) is 0 Å². The van der Waals surface area contributed by atoms with Crippen molar-refractivity contribution < 1.29 is 24.5 Å². The van der Waals surface area contributed by atoms with Gasteiger partial charge in [0.05, 0.1) is 12.6 Å². The fourth-order valence-corrected chi connectivity index (χ4v) is 1.13. The fraction of sp³-hybridized carbons (Fsp3) is 0.800. The highest BCUT2D eigenvalue weighted by Gasteiger charge is 2.15. The number of ether oxygens (including phenoxy) is 1. The normalized spacial score (nSPS) is 12.1. The summed E-state index contributed by atoms with van der Waals surface area (Å²) in [6.45, 7) is 1.13. The molecule has 0 rings (SSSR count). The van der Waals surface area contributed by atoms with Gasteiger partial charge in [0, 0.05) is 32.1 Å². The number of amides is 1. The first-order chi connectivity index (χ1) is 8.11. The van der Waals surface area contributed by atoms with Crippen molar-refractivity contribution in [1.29, 1.82) is 0 Å². The van der Waals surface area contributed by atoms with Crippen molar-refractivity contribution in [3.8, 4) is 0 Å². The highest BCUT2D eigenvalue weighted by molar-refractivity contribution is 5.85. The van der Waals surface area contributed by atoms with E-state index in [2.05, 4.69) is 10.6 Å². The van der Waals surface area contributed by atoms with E-state index < -0.39 is 17.9 Å². The molecule has 0 aromatic rings. The summed E-state index contributed by atoms with van der Waals surface area (Å²) in [5.74, 6) is -1.68. The lowest BCUT2D eigenvalue weighted by Crippen LogP contribution is -2.46. The average molecular weight is 247 g/mol. The Bertz CT molecular complexity index is 235. The Morgan fingerprint density at radius 3 is 2.65 bits per heavy atom. The van der Waals surface area contributed by atoms with Crippen molar-refractivity contribution in [1.82, 2.24) is 10.6 Å². The maximum atomic E-state index is 11.4. The van der Waals surface area contributed by atoms with Gasteiger partial charge in [0.15, 0.2) is 0 Å². The molecule has 0 fully saturated rings. The molecule has 7 nitrogen and oxygen atoms in total. The van der Waals surface area contributed by atoms with Crippen LogP contribution in [-0.2, 0) is 14.3 Å². The number of hydrogen-bond donors (Lipinski definition) is 3. The average Bonchev–Trinajstić information content (AvgIpc) is 2.30. The van der Waals surface area contributed by atoms with Crippen LogP contribution in [0.15, 0.2) is 0 Å². The molecule has 0 aromatic heterocycles. The molecule has 0 aliphatic heterocycles. The Balaban J connectivity index is 3.64. The van der Waals surface area contributed by atoms with Crippen LogP contribution in [0.5, 0.6) is 0 Å². The van der Waals surface area contributed by atoms with E-state index in [1.165, 1.54) is 7.05 Å². The molecular formula is C10H19N2O5-. The SMILES string of the molecule is CNC(CC(=O)[O-])C(=O)NCCOCCCO. The minimum absolute atomic E-state index is 0.0692. The van der Waals surface area contributed by atoms with Crippen molar-refractivity contribution in [3.05, 3.63) is 0 Å². The molecule has 0 heterocycles. The third kappa shape index (κ3) is 8.61. The molecule has 3 N–H and O–H groups in total. The molecule has 0 aromatic carbocycles. The summed E-state index contributed by atoms with van der Waals surface area (Å²) in [6.07, 6.45) is 0.186. The van der Waals surface area contributed by atoms with E-state index in [1.54, 1.807) is 0 Å². The van der Waals surface area contributed by atoms with Gasteiger partial charge >= 0.3 is 0 Å². The largest absolute Gasteiger partial charge is 0.550 e. The molecule has 1 amide bonds. The standard InChI is InChI=1S/C10H20N2O5/c1-11-8(7-9(14)15)10(16)12-3-6-17-5-2-4-13/h8,11,13H,2-7H2,1H3,(H,12,16)(H,14,15)/p-1. The fourth-order valence-electron chi connectivity index (χ4n) is 1.13. The van der Waals surface area contributed by atoms with Gasteiger partial charge in [0.2, 0.25) is 5.91 Å². The smallest absolute Gasteiger partial charge is 0.237 e. The van der Waals surface area contributed by atoms with Gasteiger partial charge in [0.1, 0.15) is 0 Å². The van der Waals surface area contributed by atoms with E-state index in [4.69, 9.17) is 9.84 Å². The third-order valence-electron chi connectivity index (χ3n) is 2.03. The van der Waals surface area contributed by atoms with Crippen molar-refractivity contribution in [2.45, 2.75) is 18.9 Å². The Morgan fingerprint density at radius 2 is 2.12 bits per heavy atom. The van der Waals surface area contributed by atoms with Gasteiger partial charge in [-0.1, -0.05) is 0 Å². The number of carbonyl (C=O) groups excluding carboxylic acids is 2. The Kier molecular flexibility index (Phi) is 9.31. The summed E-state index contributed by atoms with van der Waals surface area (Å²) < 4.78 is 5.10. The number of aliphatic carboxylic acids is 1. The Labute approximate surface area is 100 Å². The number of carboxylic acid groups (broad SMARTS) is 1. The van der Waals surface area contributed by atoms with Gasteiger partial charge in [-0.2, -0.15) is 0 Å². The molecule has 17 heavy (non-hydrogen) atoms. The zero-order valence-corrected chi connectivity index (χ0v) is 9.90. The minimum Gasteiger partial charge on any atom is -0.550 e. The van der Waals surface area contributed by atoms with Crippen LogP contribution in [0.25, 0.3) is 0 Å². The lowest BCUT2D eigenvalue weighted by molar-refractivity contribution is -0.306. The summed E-state index contributed by atoms with van der Waals surface area (Å²) in [6, 6.07) is -0.794. The second kappa shape index (κ2) is 10.0. The molecule has 1 unspecified atom stereocenters. The maximum Gasteiger partial charge on any atom is 0.237 e. The van der Waals surface area contributed by atoms with E-state index in [-0.39, 0.29) is 13.0 Å². The number of aliphatic hydroxyl groups excluding tert-OH is 1. The van der Waals surface area contributed by atoms with Crippen LogP contribution < -0.4 is 15.7 Å².